The van der Waals surface area contributed by atoms with E-state index < -0.39 is 0 Å². The van der Waals surface area contributed by atoms with Crippen molar-refractivity contribution in [1.82, 2.24) is 0 Å². The molecule has 0 bridgehead atoms. The highest BCUT2D eigenvalue weighted by Crippen LogP contribution is 2.03. The summed E-state index contributed by atoms with van der Waals surface area (Å²) < 4.78 is 0. The van der Waals surface area contributed by atoms with Crippen LogP contribution < -0.4 is 10.2 Å². The van der Waals surface area contributed by atoms with Crippen molar-refractivity contribution >= 4 is 0 Å². The third-order valence-corrected chi connectivity index (χ3v) is 4.14. The van der Waals surface area contributed by atoms with E-state index in [1.165, 1.54) is 77.5 Å². The maximum atomic E-state index is 2.63. The zero-order chi connectivity index (χ0) is 10.3. The summed E-state index contributed by atoms with van der Waals surface area (Å²) in [7, 11) is 0. The molecule has 2 fully saturated rings. The molecule has 0 aromatic rings. The molecule has 2 aliphatic rings. The molecule has 0 amide bonds. The summed E-state index contributed by atoms with van der Waals surface area (Å²) in [5, 5.41) is 2.63. The van der Waals surface area contributed by atoms with E-state index in [4.69, 9.17) is 0 Å². The van der Waals surface area contributed by atoms with Crippen molar-refractivity contribution < 1.29 is 10.2 Å². The van der Waals surface area contributed by atoms with Crippen molar-refractivity contribution in [3.8, 4) is 0 Å². The second kappa shape index (κ2) is 6.49. The van der Waals surface area contributed by atoms with Gasteiger partial charge >= 0.3 is 0 Å². The van der Waals surface area contributed by atoms with Gasteiger partial charge in [0, 0.05) is 6.42 Å². The van der Waals surface area contributed by atoms with E-state index in [0.29, 0.717) is 0 Å². The lowest BCUT2D eigenvalue weighted by Crippen LogP contribution is -3.16. The van der Waals surface area contributed by atoms with Crippen LogP contribution in [0.15, 0.2) is 0 Å². The monoisotopic (exact) mass is 212 g/mol. The summed E-state index contributed by atoms with van der Waals surface area (Å²) in [6, 6.07) is 0.945. The first-order valence-electron chi connectivity index (χ1n) is 7.12. The Hall–Kier alpha value is -0.0800. The van der Waals surface area contributed by atoms with Gasteiger partial charge in [0.05, 0.1) is 19.6 Å². The van der Waals surface area contributed by atoms with Gasteiger partial charge in [-0.05, 0) is 44.9 Å². The summed E-state index contributed by atoms with van der Waals surface area (Å²) in [6.07, 6.45) is 11.8. The number of hydrogen-bond donors (Lipinski definition) is 2. The Morgan fingerprint density at radius 2 is 1.60 bits per heavy atom. The molecule has 0 aromatic heterocycles. The molecule has 0 spiro atoms. The first-order valence-corrected chi connectivity index (χ1v) is 7.12. The van der Waals surface area contributed by atoms with Crippen LogP contribution in [0.4, 0.5) is 0 Å². The molecule has 3 N–H and O–H groups in total. The van der Waals surface area contributed by atoms with Crippen molar-refractivity contribution in [2.45, 2.75) is 57.4 Å². The number of hydrogen-bond acceptors (Lipinski definition) is 0. The molecule has 2 heteroatoms. The molecule has 1 atom stereocenters. The second-order valence-electron chi connectivity index (χ2n) is 5.50. The molecule has 0 radical (unpaired) electrons. The SMILES string of the molecule is C1CC[NH2+][C@@H](C[NH+]2CCCCCC2)CC1. The largest absolute Gasteiger partial charge is 0.339 e. The first kappa shape index (κ1) is 11.4. The lowest BCUT2D eigenvalue weighted by atomic mass is 10.1. The average molecular weight is 212 g/mol. The van der Waals surface area contributed by atoms with Crippen molar-refractivity contribution in [1.29, 1.82) is 0 Å². The zero-order valence-corrected chi connectivity index (χ0v) is 10.1. The summed E-state index contributed by atoms with van der Waals surface area (Å²) in [4.78, 5) is 1.90. The van der Waals surface area contributed by atoms with Gasteiger partial charge in [-0.1, -0.05) is 0 Å². The highest BCUT2D eigenvalue weighted by molar-refractivity contribution is 4.58. The van der Waals surface area contributed by atoms with Crippen LogP contribution in [-0.2, 0) is 0 Å². The van der Waals surface area contributed by atoms with Gasteiger partial charge in [0.15, 0.2) is 0 Å². The minimum Gasteiger partial charge on any atom is -0.339 e. The maximum absolute atomic E-state index is 2.63. The van der Waals surface area contributed by atoms with Crippen LogP contribution in [0.1, 0.15) is 51.4 Å². The highest BCUT2D eigenvalue weighted by atomic mass is 15.1. The Labute approximate surface area is 94.4 Å². The predicted octanol–water partition coefficient (Wildman–Crippen LogP) is -0.0487. The van der Waals surface area contributed by atoms with Crippen molar-refractivity contribution in [2.75, 3.05) is 26.2 Å². The van der Waals surface area contributed by atoms with E-state index in [0.717, 1.165) is 6.04 Å². The minimum absolute atomic E-state index is 0.945. The smallest absolute Gasteiger partial charge is 0.135 e. The Balaban J connectivity index is 1.73. The van der Waals surface area contributed by atoms with E-state index in [1.807, 2.05) is 4.90 Å². The molecular formula is C13H28N2+2. The third kappa shape index (κ3) is 4.12. The van der Waals surface area contributed by atoms with Gasteiger partial charge in [-0.2, -0.15) is 0 Å². The van der Waals surface area contributed by atoms with Gasteiger partial charge in [-0.15, -0.1) is 0 Å². The number of rotatable bonds is 2. The molecular weight excluding hydrogens is 184 g/mol. The maximum Gasteiger partial charge on any atom is 0.135 e. The summed E-state index contributed by atoms with van der Waals surface area (Å²) in [5.41, 5.74) is 0. The van der Waals surface area contributed by atoms with Crippen LogP contribution >= 0.6 is 0 Å². The molecule has 2 aliphatic heterocycles. The van der Waals surface area contributed by atoms with Gasteiger partial charge in [-0.25, -0.2) is 0 Å². The predicted molar refractivity (Wildman–Crippen MR) is 63.1 cm³/mol. The Morgan fingerprint density at radius 1 is 0.867 bits per heavy atom. The van der Waals surface area contributed by atoms with Crippen molar-refractivity contribution in [2.24, 2.45) is 0 Å². The molecule has 2 saturated heterocycles. The number of nitrogens with one attached hydrogen (secondary N) is 1. The van der Waals surface area contributed by atoms with Crippen LogP contribution in [0.5, 0.6) is 0 Å². The normalized spacial score (nSPS) is 30.8. The van der Waals surface area contributed by atoms with Crippen LogP contribution in [0.2, 0.25) is 0 Å². The molecule has 2 nitrogen and oxygen atoms in total. The van der Waals surface area contributed by atoms with E-state index in [-0.39, 0.29) is 0 Å². The standard InChI is InChI=1S/C13H26N2/c1-2-7-11-15(10-6-1)12-13-8-4-3-5-9-14-13/h13-14H,1-12H2/p+2/t13-/m1/s1. The molecule has 2 heterocycles. The molecule has 0 aromatic carbocycles. The summed E-state index contributed by atoms with van der Waals surface area (Å²) >= 11 is 0. The van der Waals surface area contributed by atoms with Gasteiger partial charge < -0.3 is 10.2 Å². The van der Waals surface area contributed by atoms with E-state index >= 15 is 0 Å². The Morgan fingerprint density at radius 3 is 2.40 bits per heavy atom. The highest BCUT2D eigenvalue weighted by Gasteiger charge is 2.21. The number of likely N-dealkylation sites (tertiary alicyclic amines) is 1. The Bertz CT molecular complexity index is 136. The first-order chi connectivity index (χ1) is 7.45. The molecule has 0 unspecified atom stereocenters. The fourth-order valence-electron chi connectivity index (χ4n) is 3.19. The van der Waals surface area contributed by atoms with E-state index in [2.05, 4.69) is 5.32 Å². The van der Waals surface area contributed by atoms with Gasteiger partial charge in [0.25, 0.3) is 0 Å². The van der Waals surface area contributed by atoms with Gasteiger partial charge in [0.2, 0.25) is 0 Å². The lowest BCUT2D eigenvalue weighted by molar-refractivity contribution is -0.918. The third-order valence-electron chi connectivity index (χ3n) is 4.14. The molecule has 0 aliphatic carbocycles. The van der Waals surface area contributed by atoms with Gasteiger partial charge in [-0.3, -0.25) is 0 Å². The van der Waals surface area contributed by atoms with Crippen LogP contribution in [0, 0.1) is 0 Å². The fourth-order valence-corrected chi connectivity index (χ4v) is 3.19. The number of quaternary nitrogens is 2. The van der Waals surface area contributed by atoms with Crippen LogP contribution in [0.3, 0.4) is 0 Å². The zero-order valence-electron chi connectivity index (χ0n) is 10.1. The van der Waals surface area contributed by atoms with E-state index in [1.54, 1.807) is 0 Å². The average Bonchev–Trinajstić information content (AvgIpc) is 2.63. The topological polar surface area (TPSA) is 21.1 Å². The molecule has 15 heavy (non-hydrogen) atoms. The quantitative estimate of drug-likeness (QED) is 0.640. The Kier molecular flexibility index (Phi) is 4.94. The van der Waals surface area contributed by atoms with Crippen molar-refractivity contribution in [3.63, 3.8) is 0 Å². The van der Waals surface area contributed by atoms with Crippen LogP contribution in [-0.4, -0.2) is 32.2 Å². The fraction of sp³-hybridized carbons (Fsp3) is 1.00. The number of nitrogens with two attached hydrogens (primary N) is 1. The molecule has 0 saturated carbocycles. The van der Waals surface area contributed by atoms with Gasteiger partial charge in [0.1, 0.15) is 12.6 Å². The minimum atomic E-state index is 0.945. The summed E-state index contributed by atoms with van der Waals surface area (Å²) in [5.74, 6) is 0. The molecule has 88 valence electrons. The van der Waals surface area contributed by atoms with Crippen LogP contribution in [0.25, 0.3) is 0 Å². The van der Waals surface area contributed by atoms with E-state index in [9.17, 15) is 0 Å². The van der Waals surface area contributed by atoms with Crippen molar-refractivity contribution in [3.05, 3.63) is 0 Å². The molecule has 2 rings (SSSR count). The lowest BCUT2D eigenvalue weighted by Gasteiger charge is -2.21. The summed E-state index contributed by atoms with van der Waals surface area (Å²) in [6.45, 7) is 5.73. The second-order valence-corrected chi connectivity index (χ2v) is 5.50.